The van der Waals surface area contributed by atoms with Crippen LogP contribution in [-0.2, 0) is 0 Å². The summed E-state index contributed by atoms with van der Waals surface area (Å²) in [6, 6.07) is 3.57. The van der Waals surface area contributed by atoms with Crippen molar-refractivity contribution >= 4 is 0 Å². The first-order chi connectivity index (χ1) is 3.91. The fourth-order valence-electron chi connectivity index (χ4n) is 0.197. The summed E-state index contributed by atoms with van der Waals surface area (Å²) in [5.74, 6) is 0. The van der Waals surface area contributed by atoms with Gasteiger partial charge in [-0.1, -0.05) is 12.2 Å². The predicted octanol–water partition coefficient (Wildman–Crippen LogP) is 1.15. The molecular formula is C6H4N2. The van der Waals surface area contributed by atoms with Crippen LogP contribution < -0.4 is 0 Å². The van der Waals surface area contributed by atoms with Gasteiger partial charge < -0.3 is 0 Å². The second-order valence-corrected chi connectivity index (χ2v) is 0.976. The minimum Gasteiger partial charge on any atom is -0.193 e. The summed E-state index contributed by atoms with van der Waals surface area (Å²) in [7, 11) is 0. The van der Waals surface area contributed by atoms with E-state index in [1.165, 1.54) is 24.3 Å². The van der Waals surface area contributed by atoms with E-state index in [-0.39, 0.29) is 0 Å². The van der Waals surface area contributed by atoms with Gasteiger partial charge in [0.2, 0.25) is 0 Å². The molecule has 0 amide bonds. The molecule has 0 aliphatic carbocycles. The van der Waals surface area contributed by atoms with Crippen LogP contribution in [-0.4, -0.2) is 0 Å². The average molecular weight is 104 g/mol. The minimum absolute atomic E-state index is 1.30. The van der Waals surface area contributed by atoms with Crippen LogP contribution in [0.4, 0.5) is 0 Å². The summed E-state index contributed by atoms with van der Waals surface area (Å²) < 4.78 is 0. The van der Waals surface area contributed by atoms with Crippen LogP contribution in [0.3, 0.4) is 0 Å². The standard InChI is InChI=1S/C6H4N2/c7-5-3-1-2-4-6-8/h1-4H/b3-1+,4-2+. The lowest BCUT2D eigenvalue weighted by Gasteiger charge is -1.59. The second kappa shape index (κ2) is 5.46. The van der Waals surface area contributed by atoms with Crippen molar-refractivity contribution < 1.29 is 0 Å². The summed E-state index contributed by atoms with van der Waals surface area (Å²) in [4.78, 5) is 0. The highest BCUT2D eigenvalue weighted by Gasteiger charge is 1.58. The summed E-state index contributed by atoms with van der Waals surface area (Å²) >= 11 is 0. The Hall–Kier alpha value is -1.54. The van der Waals surface area contributed by atoms with Crippen LogP contribution in [0.25, 0.3) is 0 Å². The third kappa shape index (κ3) is 4.46. The summed E-state index contributed by atoms with van der Waals surface area (Å²) in [6.45, 7) is 0. The van der Waals surface area contributed by atoms with Gasteiger partial charge in [0.15, 0.2) is 0 Å². The van der Waals surface area contributed by atoms with Gasteiger partial charge >= 0.3 is 0 Å². The van der Waals surface area contributed by atoms with Gasteiger partial charge in [0.25, 0.3) is 0 Å². The lowest BCUT2D eigenvalue weighted by molar-refractivity contribution is 1.53. The first-order valence-corrected chi connectivity index (χ1v) is 2.02. The molecule has 0 atom stereocenters. The molecule has 38 valence electrons. The van der Waals surface area contributed by atoms with Crippen molar-refractivity contribution in [1.82, 2.24) is 0 Å². The lowest BCUT2D eigenvalue weighted by Crippen LogP contribution is -1.46. The zero-order valence-corrected chi connectivity index (χ0v) is 4.20. The van der Waals surface area contributed by atoms with E-state index < -0.39 is 0 Å². The van der Waals surface area contributed by atoms with E-state index in [9.17, 15) is 0 Å². The molecule has 0 aliphatic rings. The smallest absolute Gasteiger partial charge is 0.0912 e. The number of hydrogen-bond donors (Lipinski definition) is 0. The largest absolute Gasteiger partial charge is 0.193 e. The third-order valence-electron chi connectivity index (χ3n) is 0.453. The lowest BCUT2D eigenvalue weighted by atomic mass is 10.4. The molecule has 0 aromatic rings. The van der Waals surface area contributed by atoms with E-state index in [1.54, 1.807) is 12.1 Å². The summed E-state index contributed by atoms with van der Waals surface area (Å²) in [5.41, 5.74) is 0. The molecule has 0 aromatic heterocycles. The average Bonchev–Trinajstić information content (AvgIpc) is 1.81. The Balaban J connectivity index is 3.51. The molecule has 0 fully saturated rings. The van der Waals surface area contributed by atoms with Gasteiger partial charge in [-0.15, -0.1) is 0 Å². The van der Waals surface area contributed by atoms with Crippen LogP contribution in [0.2, 0.25) is 0 Å². The van der Waals surface area contributed by atoms with Crippen molar-refractivity contribution in [1.29, 1.82) is 10.5 Å². The molecule has 0 N–H and O–H groups in total. The first kappa shape index (κ1) is 6.46. The van der Waals surface area contributed by atoms with Gasteiger partial charge in [-0.2, -0.15) is 10.5 Å². The van der Waals surface area contributed by atoms with Crippen molar-refractivity contribution in [3.63, 3.8) is 0 Å². The Kier molecular flexibility index (Phi) is 4.41. The van der Waals surface area contributed by atoms with Gasteiger partial charge in [-0.3, -0.25) is 0 Å². The highest BCUT2D eigenvalue weighted by Crippen LogP contribution is 1.72. The quantitative estimate of drug-likeness (QED) is 0.370. The van der Waals surface area contributed by atoms with E-state index in [2.05, 4.69) is 0 Å². The van der Waals surface area contributed by atoms with E-state index in [0.717, 1.165) is 0 Å². The number of rotatable bonds is 1. The SMILES string of the molecule is N#C/C=C/C=C/C#N. The van der Waals surface area contributed by atoms with Crippen molar-refractivity contribution in [3.8, 4) is 12.1 Å². The van der Waals surface area contributed by atoms with Crippen LogP contribution >= 0.6 is 0 Å². The summed E-state index contributed by atoms with van der Waals surface area (Å²) in [5, 5.41) is 15.8. The van der Waals surface area contributed by atoms with Crippen molar-refractivity contribution in [2.75, 3.05) is 0 Å². The van der Waals surface area contributed by atoms with Gasteiger partial charge in [0.1, 0.15) is 0 Å². The third-order valence-corrected chi connectivity index (χ3v) is 0.453. The van der Waals surface area contributed by atoms with Gasteiger partial charge in [0, 0.05) is 12.2 Å². The number of hydrogen-bond acceptors (Lipinski definition) is 2. The topological polar surface area (TPSA) is 47.6 Å². The highest BCUT2D eigenvalue weighted by atomic mass is 14.2. The van der Waals surface area contributed by atoms with Gasteiger partial charge in [0.05, 0.1) is 12.1 Å². The number of nitrogens with zero attached hydrogens (tertiary/aromatic N) is 2. The first-order valence-electron chi connectivity index (χ1n) is 2.02. The molecule has 0 bridgehead atoms. The fraction of sp³-hybridized carbons (Fsp3) is 0. The Morgan fingerprint density at radius 2 is 1.25 bits per heavy atom. The molecule has 2 nitrogen and oxygen atoms in total. The van der Waals surface area contributed by atoms with Crippen molar-refractivity contribution in [2.45, 2.75) is 0 Å². The molecule has 0 rings (SSSR count). The maximum atomic E-state index is 7.91. The molecule has 0 heterocycles. The van der Waals surface area contributed by atoms with Crippen LogP contribution in [0.1, 0.15) is 0 Å². The molecule has 0 radical (unpaired) electrons. The molecule has 0 saturated carbocycles. The van der Waals surface area contributed by atoms with E-state index in [4.69, 9.17) is 10.5 Å². The zero-order chi connectivity index (χ0) is 6.24. The van der Waals surface area contributed by atoms with Crippen LogP contribution in [0.15, 0.2) is 24.3 Å². The molecule has 0 aromatic carbocycles. The second-order valence-electron chi connectivity index (χ2n) is 0.976. The number of nitriles is 2. The predicted molar refractivity (Wildman–Crippen MR) is 29.5 cm³/mol. The van der Waals surface area contributed by atoms with Gasteiger partial charge in [-0.25, -0.2) is 0 Å². The minimum atomic E-state index is 1.30. The fourth-order valence-corrected chi connectivity index (χ4v) is 0.197. The van der Waals surface area contributed by atoms with Crippen molar-refractivity contribution in [3.05, 3.63) is 24.3 Å². The van der Waals surface area contributed by atoms with Crippen LogP contribution in [0, 0.1) is 22.7 Å². The monoisotopic (exact) mass is 104 g/mol. The van der Waals surface area contributed by atoms with E-state index in [1.807, 2.05) is 0 Å². The maximum Gasteiger partial charge on any atom is 0.0912 e. The molecule has 8 heavy (non-hydrogen) atoms. The van der Waals surface area contributed by atoms with Gasteiger partial charge in [-0.05, 0) is 0 Å². The molecule has 0 spiro atoms. The molecular weight excluding hydrogens is 100 g/mol. The molecule has 0 aliphatic heterocycles. The zero-order valence-electron chi connectivity index (χ0n) is 4.20. The van der Waals surface area contributed by atoms with E-state index in [0.29, 0.717) is 0 Å². The normalized spacial score (nSPS) is 9.25. The Bertz CT molecular complexity index is 154. The number of allylic oxidation sites excluding steroid dienone is 4. The Labute approximate surface area is 48.0 Å². The van der Waals surface area contributed by atoms with E-state index >= 15 is 0 Å². The maximum absolute atomic E-state index is 7.91. The molecule has 0 saturated heterocycles. The molecule has 0 unspecified atom stereocenters. The summed E-state index contributed by atoms with van der Waals surface area (Å²) in [6.07, 6.45) is 5.61. The van der Waals surface area contributed by atoms with Crippen molar-refractivity contribution in [2.24, 2.45) is 0 Å². The Morgan fingerprint density at radius 3 is 1.50 bits per heavy atom. The molecule has 2 heteroatoms. The Morgan fingerprint density at radius 1 is 0.875 bits per heavy atom. The van der Waals surface area contributed by atoms with Crippen LogP contribution in [0.5, 0.6) is 0 Å². The highest BCUT2D eigenvalue weighted by molar-refractivity contribution is 5.16.